The summed E-state index contributed by atoms with van der Waals surface area (Å²) < 4.78 is 1.65. The Balaban J connectivity index is 2.41. The van der Waals surface area contributed by atoms with Gasteiger partial charge in [-0.1, -0.05) is 0 Å². The van der Waals surface area contributed by atoms with Gasteiger partial charge in [0.05, 0.1) is 23.8 Å². The van der Waals surface area contributed by atoms with E-state index in [1.165, 1.54) is 0 Å². The minimum Gasteiger partial charge on any atom is -0.508 e. The second-order valence-corrected chi connectivity index (χ2v) is 2.73. The number of anilines is 1. The van der Waals surface area contributed by atoms with Gasteiger partial charge in [-0.15, -0.1) is 0 Å². The molecule has 1 heterocycles. The largest absolute Gasteiger partial charge is 0.508 e. The normalized spacial score (nSPS) is 10.2. The third kappa shape index (κ3) is 1.46. The number of benzene rings is 1. The number of nitrogens with two attached hydrogens (primary N) is 1. The van der Waals surface area contributed by atoms with Crippen molar-refractivity contribution < 1.29 is 5.11 Å². The highest BCUT2D eigenvalue weighted by molar-refractivity contribution is 5.40. The standard InChI is InChI=1S/C9H9N3O/c10-7-5-11-12(6-7)8-1-3-9(13)4-2-8/h1-6,13H,10H2. The molecule has 0 spiro atoms. The van der Waals surface area contributed by atoms with Gasteiger partial charge in [-0.05, 0) is 24.3 Å². The van der Waals surface area contributed by atoms with Crippen LogP contribution < -0.4 is 5.73 Å². The smallest absolute Gasteiger partial charge is 0.115 e. The summed E-state index contributed by atoms with van der Waals surface area (Å²) in [6, 6.07) is 6.74. The van der Waals surface area contributed by atoms with E-state index in [9.17, 15) is 0 Å². The molecule has 1 aromatic heterocycles. The maximum atomic E-state index is 9.05. The van der Waals surface area contributed by atoms with E-state index in [2.05, 4.69) is 5.10 Å². The van der Waals surface area contributed by atoms with E-state index >= 15 is 0 Å². The molecule has 4 heteroatoms. The Morgan fingerprint density at radius 2 is 1.92 bits per heavy atom. The fourth-order valence-electron chi connectivity index (χ4n) is 1.08. The van der Waals surface area contributed by atoms with Crippen LogP contribution in [0.3, 0.4) is 0 Å². The number of nitrogens with zero attached hydrogens (tertiary/aromatic N) is 2. The first-order valence-electron chi connectivity index (χ1n) is 3.85. The Kier molecular flexibility index (Phi) is 1.66. The van der Waals surface area contributed by atoms with Crippen molar-refractivity contribution >= 4 is 5.69 Å². The number of aromatic nitrogens is 2. The van der Waals surface area contributed by atoms with Crippen molar-refractivity contribution in [3.63, 3.8) is 0 Å². The summed E-state index contributed by atoms with van der Waals surface area (Å²) in [6.45, 7) is 0. The predicted octanol–water partition coefficient (Wildman–Crippen LogP) is 1.16. The Labute approximate surface area is 75.2 Å². The topological polar surface area (TPSA) is 64.1 Å². The number of aromatic hydroxyl groups is 1. The number of hydrogen-bond donors (Lipinski definition) is 2. The lowest BCUT2D eigenvalue weighted by Gasteiger charge is -1.99. The number of phenolic OH excluding ortho intramolecular Hbond substituents is 1. The van der Waals surface area contributed by atoms with Crippen molar-refractivity contribution in [1.82, 2.24) is 9.78 Å². The molecule has 0 atom stereocenters. The van der Waals surface area contributed by atoms with E-state index in [1.807, 2.05) is 0 Å². The van der Waals surface area contributed by atoms with Gasteiger partial charge < -0.3 is 10.8 Å². The summed E-state index contributed by atoms with van der Waals surface area (Å²) in [5, 5.41) is 13.1. The average Bonchev–Trinajstić information content (AvgIpc) is 2.53. The maximum absolute atomic E-state index is 9.05. The zero-order valence-electron chi connectivity index (χ0n) is 6.88. The van der Waals surface area contributed by atoms with Crippen LogP contribution in [-0.2, 0) is 0 Å². The molecular weight excluding hydrogens is 166 g/mol. The second-order valence-electron chi connectivity index (χ2n) is 2.73. The SMILES string of the molecule is Nc1cnn(-c2ccc(O)cc2)c1. The minimum absolute atomic E-state index is 0.240. The first kappa shape index (κ1) is 7.67. The monoisotopic (exact) mass is 175 g/mol. The molecule has 4 nitrogen and oxygen atoms in total. The summed E-state index contributed by atoms with van der Waals surface area (Å²) in [6.07, 6.45) is 3.29. The molecule has 0 saturated heterocycles. The quantitative estimate of drug-likeness (QED) is 0.683. The van der Waals surface area contributed by atoms with E-state index in [0.29, 0.717) is 5.69 Å². The summed E-state index contributed by atoms with van der Waals surface area (Å²) in [5.41, 5.74) is 7.00. The Morgan fingerprint density at radius 1 is 1.23 bits per heavy atom. The van der Waals surface area contributed by atoms with Gasteiger partial charge in [0.15, 0.2) is 0 Å². The molecule has 0 bridgehead atoms. The van der Waals surface area contributed by atoms with Gasteiger partial charge in [0.1, 0.15) is 5.75 Å². The molecule has 0 aliphatic heterocycles. The molecule has 0 aliphatic rings. The molecule has 0 unspecified atom stereocenters. The Morgan fingerprint density at radius 3 is 2.46 bits per heavy atom. The summed E-state index contributed by atoms with van der Waals surface area (Å²) in [5.74, 6) is 0.240. The first-order chi connectivity index (χ1) is 6.25. The molecule has 1 aromatic carbocycles. The van der Waals surface area contributed by atoms with Crippen molar-refractivity contribution in [3.05, 3.63) is 36.7 Å². The maximum Gasteiger partial charge on any atom is 0.115 e. The van der Waals surface area contributed by atoms with Crippen LogP contribution >= 0.6 is 0 Å². The average molecular weight is 175 g/mol. The van der Waals surface area contributed by atoms with E-state index in [0.717, 1.165) is 5.69 Å². The molecule has 0 amide bonds. The number of hydrogen-bond acceptors (Lipinski definition) is 3. The fourth-order valence-corrected chi connectivity index (χ4v) is 1.08. The number of rotatable bonds is 1. The van der Waals surface area contributed by atoms with Gasteiger partial charge in [0.25, 0.3) is 0 Å². The molecular formula is C9H9N3O. The lowest BCUT2D eigenvalue weighted by Crippen LogP contribution is -1.92. The van der Waals surface area contributed by atoms with Crippen LogP contribution in [0.5, 0.6) is 5.75 Å². The summed E-state index contributed by atoms with van der Waals surface area (Å²) in [4.78, 5) is 0. The van der Waals surface area contributed by atoms with Crippen LogP contribution in [0.2, 0.25) is 0 Å². The van der Waals surface area contributed by atoms with Crippen LogP contribution in [0.15, 0.2) is 36.7 Å². The van der Waals surface area contributed by atoms with Gasteiger partial charge in [-0.3, -0.25) is 0 Å². The van der Waals surface area contributed by atoms with Crippen LogP contribution in [0, 0.1) is 0 Å². The highest BCUT2D eigenvalue weighted by atomic mass is 16.3. The lowest BCUT2D eigenvalue weighted by molar-refractivity contribution is 0.475. The van der Waals surface area contributed by atoms with Gasteiger partial charge in [-0.25, -0.2) is 4.68 Å². The molecule has 0 aliphatic carbocycles. The molecule has 3 N–H and O–H groups in total. The van der Waals surface area contributed by atoms with E-state index in [-0.39, 0.29) is 5.75 Å². The minimum atomic E-state index is 0.240. The number of nitrogen functional groups attached to an aromatic ring is 1. The Hall–Kier alpha value is -1.97. The zero-order valence-corrected chi connectivity index (χ0v) is 6.88. The van der Waals surface area contributed by atoms with E-state index in [4.69, 9.17) is 10.8 Å². The third-order valence-electron chi connectivity index (χ3n) is 1.72. The molecule has 0 radical (unpaired) electrons. The third-order valence-corrected chi connectivity index (χ3v) is 1.72. The fraction of sp³-hybridized carbons (Fsp3) is 0. The van der Waals surface area contributed by atoms with Gasteiger partial charge in [0, 0.05) is 0 Å². The molecule has 13 heavy (non-hydrogen) atoms. The second kappa shape index (κ2) is 2.82. The van der Waals surface area contributed by atoms with Crippen molar-refractivity contribution in [2.24, 2.45) is 0 Å². The summed E-state index contributed by atoms with van der Waals surface area (Å²) in [7, 11) is 0. The molecule has 0 fully saturated rings. The molecule has 2 aromatic rings. The highest BCUT2D eigenvalue weighted by Crippen LogP contribution is 2.13. The number of phenols is 1. The summed E-state index contributed by atoms with van der Waals surface area (Å²) >= 11 is 0. The zero-order chi connectivity index (χ0) is 9.26. The predicted molar refractivity (Wildman–Crippen MR) is 49.6 cm³/mol. The molecule has 0 saturated carbocycles. The van der Waals surface area contributed by atoms with Crippen LogP contribution in [-0.4, -0.2) is 14.9 Å². The van der Waals surface area contributed by atoms with Gasteiger partial charge in [0.2, 0.25) is 0 Å². The first-order valence-corrected chi connectivity index (χ1v) is 3.85. The lowest BCUT2D eigenvalue weighted by atomic mass is 10.3. The molecule has 2 rings (SSSR count). The van der Waals surface area contributed by atoms with Crippen molar-refractivity contribution in [1.29, 1.82) is 0 Å². The highest BCUT2D eigenvalue weighted by Gasteiger charge is 1.97. The van der Waals surface area contributed by atoms with Gasteiger partial charge in [-0.2, -0.15) is 5.10 Å². The van der Waals surface area contributed by atoms with Crippen molar-refractivity contribution in [2.45, 2.75) is 0 Å². The molecule has 66 valence electrons. The Bertz CT molecular complexity index is 405. The van der Waals surface area contributed by atoms with Crippen molar-refractivity contribution in [3.8, 4) is 11.4 Å². The van der Waals surface area contributed by atoms with Crippen molar-refractivity contribution in [2.75, 3.05) is 5.73 Å². The van der Waals surface area contributed by atoms with Gasteiger partial charge >= 0.3 is 0 Å². The van der Waals surface area contributed by atoms with Crippen LogP contribution in [0.4, 0.5) is 5.69 Å². The van der Waals surface area contributed by atoms with Crippen LogP contribution in [0.25, 0.3) is 5.69 Å². The van der Waals surface area contributed by atoms with Crippen LogP contribution in [0.1, 0.15) is 0 Å². The van der Waals surface area contributed by atoms with E-state index in [1.54, 1.807) is 41.3 Å². The van der Waals surface area contributed by atoms with E-state index < -0.39 is 0 Å².